The Hall–Kier alpha value is -3.08. The van der Waals surface area contributed by atoms with Crippen LogP contribution in [0.5, 0.6) is 5.88 Å². The molecular formula is C18H17ClF3N5O3. The number of pyridine rings is 2. The number of nitrogens with two attached hydrogens (primary N) is 1. The fourth-order valence-electron chi connectivity index (χ4n) is 2.99. The van der Waals surface area contributed by atoms with Gasteiger partial charge in [0.2, 0.25) is 5.88 Å². The van der Waals surface area contributed by atoms with Crippen LogP contribution in [0.1, 0.15) is 29.4 Å². The Morgan fingerprint density at radius 1 is 1.37 bits per heavy atom. The fourth-order valence-corrected chi connectivity index (χ4v) is 3.10. The number of hydrogen-bond donors (Lipinski definition) is 2. The van der Waals surface area contributed by atoms with Gasteiger partial charge in [-0.1, -0.05) is 11.6 Å². The minimum atomic E-state index is -4.64. The first-order valence-electron chi connectivity index (χ1n) is 8.58. The number of aliphatic imine (C=N–C) groups is 1. The number of aromatic nitrogens is 2. The summed E-state index contributed by atoms with van der Waals surface area (Å²) in [5.74, 6) is -0.516. The molecule has 3 rings (SSSR count). The highest BCUT2D eigenvalue weighted by molar-refractivity contribution is 6.30. The molecular weight excluding hydrogens is 427 g/mol. The number of amides is 1. The van der Waals surface area contributed by atoms with E-state index >= 15 is 0 Å². The SMILES string of the molecule is COc1ncc(NC(=O)c2ccc(Cl)cn2)cc1C1(C)CC(C(F)(F)F)OC(N)=N1. The van der Waals surface area contributed by atoms with Crippen molar-refractivity contribution in [2.45, 2.75) is 31.2 Å². The molecule has 30 heavy (non-hydrogen) atoms. The second-order valence-electron chi connectivity index (χ2n) is 6.67. The van der Waals surface area contributed by atoms with E-state index in [1.54, 1.807) is 0 Å². The van der Waals surface area contributed by atoms with Crippen molar-refractivity contribution in [2.24, 2.45) is 10.7 Å². The molecule has 0 saturated heterocycles. The molecule has 0 radical (unpaired) electrons. The van der Waals surface area contributed by atoms with E-state index in [4.69, 9.17) is 22.1 Å². The van der Waals surface area contributed by atoms with Gasteiger partial charge in [-0.2, -0.15) is 13.2 Å². The van der Waals surface area contributed by atoms with Crippen molar-refractivity contribution >= 4 is 29.2 Å². The molecule has 1 amide bonds. The largest absolute Gasteiger partial charge is 0.481 e. The normalized spacial score (nSPS) is 21.4. The predicted molar refractivity (Wildman–Crippen MR) is 103 cm³/mol. The van der Waals surface area contributed by atoms with Gasteiger partial charge in [0.1, 0.15) is 5.69 Å². The summed E-state index contributed by atoms with van der Waals surface area (Å²) in [6, 6.07) is 3.75. The lowest BCUT2D eigenvalue weighted by molar-refractivity contribution is -0.208. The minimum Gasteiger partial charge on any atom is -0.481 e. The second kappa shape index (κ2) is 7.98. The molecule has 160 valence electrons. The van der Waals surface area contributed by atoms with Gasteiger partial charge in [0.25, 0.3) is 11.9 Å². The smallest absolute Gasteiger partial charge is 0.425 e. The number of nitrogens with zero attached hydrogens (tertiary/aromatic N) is 3. The van der Waals surface area contributed by atoms with Crippen molar-refractivity contribution in [3.8, 4) is 5.88 Å². The molecule has 1 aliphatic rings. The van der Waals surface area contributed by atoms with E-state index in [1.807, 2.05) is 0 Å². The van der Waals surface area contributed by atoms with Crippen LogP contribution in [0, 0.1) is 0 Å². The number of rotatable bonds is 4. The highest BCUT2D eigenvalue weighted by Crippen LogP contribution is 2.43. The standard InChI is InChI=1S/C18H17ClF3N5O3/c1-17(6-13(18(20,21)22)30-16(23)27-17)11-5-10(8-25-15(11)29-2)26-14(28)12-4-3-9(19)7-24-12/h3-5,7-8,13H,6H2,1-2H3,(H2,23,27)(H,26,28). The van der Waals surface area contributed by atoms with Gasteiger partial charge < -0.3 is 20.5 Å². The molecule has 2 atom stereocenters. The molecule has 0 aromatic carbocycles. The number of methoxy groups -OCH3 is 1. The van der Waals surface area contributed by atoms with Gasteiger partial charge in [-0.3, -0.25) is 4.79 Å². The molecule has 0 saturated carbocycles. The zero-order valence-electron chi connectivity index (χ0n) is 15.8. The van der Waals surface area contributed by atoms with Crippen LogP contribution in [-0.2, 0) is 10.3 Å². The Morgan fingerprint density at radius 3 is 2.70 bits per heavy atom. The molecule has 8 nitrogen and oxygen atoms in total. The van der Waals surface area contributed by atoms with Crippen molar-refractivity contribution in [3.05, 3.63) is 46.9 Å². The van der Waals surface area contributed by atoms with Crippen LogP contribution in [-0.4, -0.2) is 41.3 Å². The third-order valence-corrected chi connectivity index (χ3v) is 4.63. The van der Waals surface area contributed by atoms with Gasteiger partial charge >= 0.3 is 6.18 Å². The lowest BCUT2D eigenvalue weighted by Gasteiger charge is -2.36. The summed E-state index contributed by atoms with van der Waals surface area (Å²) in [5.41, 5.74) is 4.55. The van der Waals surface area contributed by atoms with E-state index in [1.165, 1.54) is 44.6 Å². The first-order chi connectivity index (χ1) is 14.0. The summed E-state index contributed by atoms with van der Waals surface area (Å²) >= 11 is 5.76. The quantitative estimate of drug-likeness (QED) is 0.750. The number of halogens is 4. The van der Waals surface area contributed by atoms with Crippen molar-refractivity contribution in [3.63, 3.8) is 0 Å². The Balaban J connectivity index is 1.95. The van der Waals surface area contributed by atoms with Gasteiger partial charge in [-0.25, -0.2) is 15.0 Å². The summed E-state index contributed by atoms with van der Waals surface area (Å²) in [4.78, 5) is 24.4. The minimum absolute atomic E-state index is 0.0412. The number of anilines is 1. The zero-order valence-corrected chi connectivity index (χ0v) is 16.6. The van der Waals surface area contributed by atoms with E-state index in [0.29, 0.717) is 5.02 Å². The summed E-state index contributed by atoms with van der Waals surface area (Å²) < 4.78 is 49.7. The van der Waals surface area contributed by atoms with Crippen LogP contribution in [0.15, 0.2) is 35.6 Å². The summed E-state index contributed by atoms with van der Waals surface area (Å²) in [6.07, 6.45) is -4.74. The molecule has 0 spiro atoms. The number of nitrogens with one attached hydrogen (secondary N) is 1. The Kier molecular flexibility index (Phi) is 5.75. The van der Waals surface area contributed by atoms with Crippen molar-refractivity contribution < 1.29 is 27.4 Å². The maximum Gasteiger partial charge on any atom is 0.425 e. The van der Waals surface area contributed by atoms with Crippen LogP contribution < -0.4 is 15.8 Å². The first kappa shape index (κ1) is 21.6. The number of amidine groups is 1. The third kappa shape index (κ3) is 4.56. The number of hydrogen-bond acceptors (Lipinski definition) is 7. The van der Waals surface area contributed by atoms with Crippen LogP contribution >= 0.6 is 11.6 Å². The van der Waals surface area contributed by atoms with Crippen LogP contribution in [0.3, 0.4) is 0 Å². The zero-order chi connectivity index (χ0) is 22.1. The van der Waals surface area contributed by atoms with E-state index in [0.717, 1.165) is 0 Å². The topological polar surface area (TPSA) is 112 Å². The van der Waals surface area contributed by atoms with Crippen LogP contribution in [0.2, 0.25) is 5.02 Å². The number of alkyl halides is 3. The van der Waals surface area contributed by atoms with Gasteiger partial charge in [0, 0.05) is 18.2 Å². The fraction of sp³-hybridized carbons (Fsp3) is 0.333. The molecule has 2 unspecified atom stereocenters. The maximum atomic E-state index is 13.3. The molecule has 0 bridgehead atoms. The Morgan fingerprint density at radius 2 is 2.10 bits per heavy atom. The van der Waals surface area contributed by atoms with Gasteiger partial charge in [-0.15, -0.1) is 0 Å². The number of carbonyl (C=O) groups excluding carboxylic acids is 1. The molecule has 0 fully saturated rings. The molecule has 3 heterocycles. The van der Waals surface area contributed by atoms with E-state index in [9.17, 15) is 18.0 Å². The Labute approximate surface area is 174 Å². The lowest BCUT2D eigenvalue weighted by Crippen LogP contribution is -2.46. The number of carbonyl (C=O) groups is 1. The summed E-state index contributed by atoms with van der Waals surface area (Å²) in [7, 11) is 1.32. The molecule has 3 N–H and O–H groups in total. The number of ether oxygens (including phenoxy) is 2. The molecule has 2 aromatic rings. The van der Waals surface area contributed by atoms with E-state index < -0.39 is 36.2 Å². The predicted octanol–water partition coefficient (Wildman–Crippen LogP) is 3.27. The summed E-state index contributed by atoms with van der Waals surface area (Å²) in [6.45, 7) is 1.45. The van der Waals surface area contributed by atoms with Gasteiger partial charge in [0.15, 0.2) is 6.10 Å². The maximum absolute atomic E-state index is 13.3. The van der Waals surface area contributed by atoms with Gasteiger partial charge in [0.05, 0.1) is 29.6 Å². The van der Waals surface area contributed by atoms with Crippen LogP contribution in [0.4, 0.5) is 18.9 Å². The van der Waals surface area contributed by atoms with E-state index in [-0.39, 0.29) is 22.8 Å². The molecule has 0 aliphatic carbocycles. The molecule has 12 heteroatoms. The average Bonchev–Trinajstić information content (AvgIpc) is 2.67. The van der Waals surface area contributed by atoms with E-state index in [2.05, 4.69) is 25.0 Å². The highest BCUT2D eigenvalue weighted by Gasteiger charge is 2.50. The lowest BCUT2D eigenvalue weighted by atomic mass is 9.86. The average molecular weight is 444 g/mol. The second-order valence-corrected chi connectivity index (χ2v) is 7.11. The molecule has 2 aromatic heterocycles. The van der Waals surface area contributed by atoms with Crippen molar-refractivity contribution in [2.75, 3.05) is 12.4 Å². The van der Waals surface area contributed by atoms with Crippen molar-refractivity contribution in [1.82, 2.24) is 9.97 Å². The van der Waals surface area contributed by atoms with Crippen LogP contribution in [0.25, 0.3) is 0 Å². The molecule has 1 aliphatic heterocycles. The monoisotopic (exact) mass is 443 g/mol. The summed E-state index contributed by atoms with van der Waals surface area (Å²) in [5, 5.41) is 2.95. The third-order valence-electron chi connectivity index (χ3n) is 4.41. The highest BCUT2D eigenvalue weighted by atomic mass is 35.5. The first-order valence-corrected chi connectivity index (χ1v) is 8.96. The Bertz CT molecular complexity index is 984. The van der Waals surface area contributed by atoms with Gasteiger partial charge in [-0.05, 0) is 25.1 Å². The van der Waals surface area contributed by atoms with Crippen molar-refractivity contribution in [1.29, 1.82) is 0 Å².